The Morgan fingerprint density at radius 3 is 2.00 bits per heavy atom. The quantitative estimate of drug-likeness (QED) is 0.595. The van der Waals surface area contributed by atoms with Crippen LogP contribution in [0, 0.1) is 11.8 Å². The first-order valence-electron chi connectivity index (χ1n) is 3.93. The predicted molar refractivity (Wildman–Crippen MR) is 39.7 cm³/mol. The first kappa shape index (κ1) is 8.02. The first-order chi connectivity index (χ1) is 4.66. The molecule has 0 radical (unpaired) electrons. The van der Waals surface area contributed by atoms with Gasteiger partial charge in [-0.05, 0) is 18.8 Å². The highest BCUT2D eigenvalue weighted by atomic mass is 16.5. The minimum Gasteiger partial charge on any atom is -0.394 e. The van der Waals surface area contributed by atoms with Crippen molar-refractivity contribution in [2.24, 2.45) is 11.8 Å². The summed E-state index contributed by atoms with van der Waals surface area (Å²) >= 11 is 0. The van der Waals surface area contributed by atoms with Crippen molar-refractivity contribution in [1.29, 1.82) is 0 Å². The highest BCUT2D eigenvalue weighted by Gasteiger charge is 2.35. The van der Waals surface area contributed by atoms with Crippen LogP contribution in [0.3, 0.4) is 0 Å². The van der Waals surface area contributed by atoms with Gasteiger partial charge in [-0.1, -0.05) is 13.8 Å². The SMILES string of the molecule is CC1C(C)[C@@H](CO)O[C@H]1C. The number of hydrogen-bond donors (Lipinski definition) is 1. The number of hydrogen-bond acceptors (Lipinski definition) is 2. The van der Waals surface area contributed by atoms with Crippen LogP contribution in [0.25, 0.3) is 0 Å². The fourth-order valence-electron chi connectivity index (χ4n) is 1.50. The Bertz CT molecular complexity index is 114. The molecule has 2 heteroatoms. The van der Waals surface area contributed by atoms with Crippen molar-refractivity contribution in [2.75, 3.05) is 6.61 Å². The van der Waals surface area contributed by atoms with Crippen LogP contribution >= 0.6 is 0 Å². The van der Waals surface area contributed by atoms with E-state index in [9.17, 15) is 0 Å². The third kappa shape index (κ3) is 1.18. The van der Waals surface area contributed by atoms with E-state index in [1.165, 1.54) is 0 Å². The first-order valence-corrected chi connectivity index (χ1v) is 3.93. The second-order valence-electron chi connectivity index (χ2n) is 3.28. The van der Waals surface area contributed by atoms with Gasteiger partial charge in [-0.25, -0.2) is 0 Å². The van der Waals surface area contributed by atoms with Crippen LogP contribution in [0.1, 0.15) is 20.8 Å². The highest BCUT2D eigenvalue weighted by Crippen LogP contribution is 2.31. The van der Waals surface area contributed by atoms with E-state index in [2.05, 4.69) is 20.8 Å². The average Bonchev–Trinajstić information content (AvgIpc) is 2.17. The fraction of sp³-hybridized carbons (Fsp3) is 1.00. The lowest BCUT2D eigenvalue weighted by molar-refractivity contribution is 0.00657. The zero-order valence-electron chi connectivity index (χ0n) is 6.87. The summed E-state index contributed by atoms with van der Waals surface area (Å²) in [6.07, 6.45) is 0.386. The summed E-state index contributed by atoms with van der Waals surface area (Å²) in [4.78, 5) is 0. The molecule has 0 saturated carbocycles. The minimum atomic E-state index is 0.0741. The molecule has 0 aliphatic carbocycles. The Balaban J connectivity index is 2.53. The molecule has 1 heterocycles. The molecule has 1 N–H and O–H groups in total. The van der Waals surface area contributed by atoms with Gasteiger partial charge < -0.3 is 9.84 Å². The van der Waals surface area contributed by atoms with Crippen LogP contribution in [0.2, 0.25) is 0 Å². The van der Waals surface area contributed by atoms with Crippen molar-refractivity contribution in [3.05, 3.63) is 0 Å². The number of rotatable bonds is 1. The maximum atomic E-state index is 8.85. The maximum absolute atomic E-state index is 8.85. The fourth-order valence-corrected chi connectivity index (χ4v) is 1.50. The Labute approximate surface area is 62.2 Å². The van der Waals surface area contributed by atoms with Crippen molar-refractivity contribution in [3.63, 3.8) is 0 Å². The molecule has 0 amide bonds. The van der Waals surface area contributed by atoms with Crippen molar-refractivity contribution in [1.82, 2.24) is 0 Å². The Hall–Kier alpha value is -0.0800. The molecule has 1 rings (SSSR count). The van der Waals surface area contributed by atoms with E-state index in [-0.39, 0.29) is 12.7 Å². The largest absolute Gasteiger partial charge is 0.394 e. The second-order valence-corrected chi connectivity index (χ2v) is 3.28. The lowest BCUT2D eigenvalue weighted by Crippen LogP contribution is -2.19. The van der Waals surface area contributed by atoms with E-state index in [1.807, 2.05) is 0 Å². The van der Waals surface area contributed by atoms with Crippen molar-refractivity contribution in [2.45, 2.75) is 33.0 Å². The summed E-state index contributed by atoms with van der Waals surface area (Å²) in [5.41, 5.74) is 0. The van der Waals surface area contributed by atoms with Crippen LogP contribution < -0.4 is 0 Å². The molecule has 0 aromatic rings. The summed E-state index contributed by atoms with van der Waals surface area (Å²) in [6, 6.07) is 0. The molecule has 0 aromatic carbocycles. The summed E-state index contributed by atoms with van der Waals surface area (Å²) in [7, 11) is 0. The zero-order valence-corrected chi connectivity index (χ0v) is 6.87. The van der Waals surface area contributed by atoms with E-state index in [0.29, 0.717) is 17.9 Å². The Kier molecular flexibility index (Phi) is 2.32. The molecule has 2 unspecified atom stereocenters. The van der Waals surface area contributed by atoms with E-state index in [4.69, 9.17) is 9.84 Å². The van der Waals surface area contributed by atoms with Gasteiger partial charge in [-0.2, -0.15) is 0 Å². The van der Waals surface area contributed by atoms with E-state index < -0.39 is 0 Å². The van der Waals surface area contributed by atoms with Gasteiger partial charge in [0, 0.05) is 0 Å². The maximum Gasteiger partial charge on any atom is 0.0838 e. The molecule has 0 spiro atoms. The van der Waals surface area contributed by atoms with Crippen molar-refractivity contribution < 1.29 is 9.84 Å². The number of ether oxygens (including phenoxy) is 1. The van der Waals surface area contributed by atoms with Crippen LogP contribution in [0.15, 0.2) is 0 Å². The lowest BCUT2D eigenvalue weighted by atomic mass is 9.91. The minimum absolute atomic E-state index is 0.0741. The summed E-state index contributed by atoms with van der Waals surface area (Å²) in [6.45, 7) is 6.53. The van der Waals surface area contributed by atoms with Gasteiger partial charge in [-0.3, -0.25) is 0 Å². The van der Waals surface area contributed by atoms with E-state index in [0.717, 1.165) is 0 Å². The smallest absolute Gasteiger partial charge is 0.0838 e. The number of aliphatic hydroxyl groups is 1. The Morgan fingerprint density at radius 1 is 1.20 bits per heavy atom. The summed E-state index contributed by atoms with van der Waals surface area (Å²) < 4.78 is 5.48. The predicted octanol–water partition coefficient (Wildman–Crippen LogP) is 1.04. The van der Waals surface area contributed by atoms with Crippen molar-refractivity contribution >= 4 is 0 Å². The van der Waals surface area contributed by atoms with Crippen LogP contribution in [-0.2, 0) is 4.74 Å². The summed E-state index contributed by atoms with van der Waals surface area (Å²) in [5, 5.41) is 8.85. The standard InChI is InChI=1S/C8H16O2/c1-5-6(2)8(4-9)10-7(5)3/h5-9H,4H2,1-3H3/t5?,6?,7-,8+/m0/s1. The molecular formula is C8H16O2. The van der Waals surface area contributed by atoms with Gasteiger partial charge in [-0.15, -0.1) is 0 Å². The van der Waals surface area contributed by atoms with Gasteiger partial charge in [0.2, 0.25) is 0 Å². The monoisotopic (exact) mass is 144 g/mol. The van der Waals surface area contributed by atoms with Gasteiger partial charge in [0.15, 0.2) is 0 Å². The van der Waals surface area contributed by atoms with Gasteiger partial charge in [0.25, 0.3) is 0 Å². The molecule has 60 valence electrons. The molecule has 0 aromatic heterocycles. The lowest BCUT2D eigenvalue weighted by Gasteiger charge is -2.12. The van der Waals surface area contributed by atoms with Gasteiger partial charge >= 0.3 is 0 Å². The Morgan fingerprint density at radius 2 is 1.80 bits per heavy atom. The third-order valence-electron chi connectivity index (χ3n) is 2.73. The van der Waals surface area contributed by atoms with E-state index in [1.54, 1.807) is 0 Å². The average molecular weight is 144 g/mol. The molecular weight excluding hydrogens is 128 g/mol. The normalized spacial score (nSPS) is 48.0. The molecule has 4 atom stereocenters. The second kappa shape index (κ2) is 2.89. The van der Waals surface area contributed by atoms with Crippen molar-refractivity contribution in [3.8, 4) is 0 Å². The van der Waals surface area contributed by atoms with Crippen LogP contribution in [-0.4, -0.2) is 23.9 Å². The highest BCUT2D eigenvalue weighted by molar-refractivity contribution is 4.82. The topological polar surface area (TPSA) is 29.5 Å². The van der Waals surface area contributed by atoms with Crippen LogP contribution in [0.5, 0.6) is 0 Å². The van der Waals surface area contributed by atoms with Gasteiger partial charge in [0.05, 0.1) is 18.8 Å². The molecule has 1 aliphatic heterocycles. The molecule has 10 heavy (non-hydrogen) atoms. The zero-order chi connectivity index (χ0) is 7.72. The van der Waals surface area contributed by atoms with Crippen LogP contribution in [0.4, 0.5) is 0 Å². The molecule has 0 bridgehead atoms. The molecule has 1 saturated heterocycles. The third-order valence-corrected chi connectivity index (χ3v) is 2.73. The molecule has 1 aliphatic rings. The summed E-state index contributed by atoms with van der Waals surface area (Å²) in [5.74, 6) is 1.08. The molecule has 1 fully saturated rings. The molecule has 2 nitrogen and oxygen atoms in total. The van der Waals surface area contributed by atoms with E-state index >= 15 is 0 Å². The van der Waals surface area contributed by atoms with Gasteiger partial charge in [0.1, 0.15) is 0 Å². The number of aliphatic hydroxyl groups excluding tert-OH is 1.